The van der Waals surface area contributed by atoms with E-state index in [1.54, 1.807) is 29.2 Å². The van der Waals surface area contributed by atoms with Gasteiger partial charge in [-0.25, -0.2) is 13.8 Å². The summed E-state index contributed by atoms with van der Waals surface area (Å²) < 4.78 is 39.6. The first-order valence-corrected chi connectivity index (χ1v) is 13.0. The minimum atomic E-state index is -0.729. The van der Waals surface area contributed by atoms with Gasteiger partial charge in [-0.05, 0) is 43.2 Å². The Labute approximate surface area is 208 Å². The molecule has 35 heavy (non-hydrogen) atoms. The van der Waals surface area contributed by atoms with Gasteiger partial charge in [-0.3, -0.25) is 14.6 Å². The summed E-state index contributed by atoms with van der Waals surface area (Å²) in [6.07, 6.45) is 3.95. The zero-order chi connectivity index (χ0) is 24.6. The van der Waals surface area contributed by atoms with Gasteiger partial charge >= 0.3 is 0 Å². The monoisotopic (exact) mass is 503 g/mol. The molecule has 1 saturated heterocycles. The number of morpholine rings is 1. The smallest absolute Gasteiger partial charge is 0.260 e. The fraction of sp³-hybridized carbons (Fsp3) is 0.462. The van der Waals surface area contributed by atoms with Crippen molar-refractivity contribution in [3.05, 3.63) is 53.6 Å². The zero-order valence-corrected chi connectivity index (χ0v) is 20.8. The lowest BCUT2D eigenvalue weighted by molar-refractivity contribution is 0.0376. The van der Waals surface area contributed by atoms with E-state index in [0.29, 0.717) is 47.5 Å². The van der Waals surface area contributed by atoms with Gasteiger partial charge in [0, 0.05) is 37.8 Å². The topological polar surface area (TPSA) is 54.9 Å². The van der Waals surface area contributed by atoms with Gasteiger partial charge in [0.2, 0.25) is 0 Å². The van der Waals surface area contributed by atoms with Crippen LogP contribution in [0.3, 0.4) is 0 Å². The molecule has 6 nitrogen and oxygen atoms in total. The van der Waals surface area contributed by atoms with Gasteiger partial charge in [0.1, 0.15) is 17.1 Å². The van der Waals surface area contributed by atoms with E-state index < -0.39 is 11.6 Å². The number of halogens is 2. The van der Waals surface area contributed by atoms with Crippen molar-refractivity contribution in [3.63, 3.8) is 0 Å². The number of benzene rings is 2. The van der Waals surface area contributed by atoms with Crippen LogP contribution in [0, 0.1) is 11.6 Å². The predicted octanol–water partition coefficient (Wildman–Crippen LogP) is 5.51. The molecule has 1 fully saturated rings. The number of amides is 1. The van der Waals surface area contributed by atoms with Gasteiger partial charge in [0.25, 0.3) is 5.91 Å². The van der Waals surface area contributed by atoms with Crippen molar-refractivity contribution in [2.75, 3.05) is 50.9 Å². The molecule has 2 aromatic carbocycles. The number of carbonyl (C=O) groups is 1. The lowest BCUT2D eigenvalue weighted by Crippen LogP contribution is -2.39. The lowest BCUT2D eigenvalue weighted by atomic mass is 10.2. The summed E-state index contributed by atoms with van der Waals surface area (Å²) in [5.41, 5.74) is 0.566. The average molecular weight is 504 g/mol. The van der Waals surface area contributed by atoms with Crippen LogP contribution < -0.4 is 9.64 Å². The normalized spacial score (nSPS) is 14.4. The molecule has 3 aromatic rings. The van der Waals surface area contributed by atoms with Crippen LogP contribution >= 0.6 is 11.3 Å². The van der Waals surface area contributed by atoms with Gasteiger partial charge in [-0.15, -0.1) is 0 Å². The molecule has 0 spiro atoms. The van der Waals surface area contributed by atoms with Gasteiger partial charge in [-0.1, -0.05) is 31.1 Å². The molecule has 0 aliphatic carbocycles. The highest BCUT2D eigenvalue weighted by Gasteiger charge is 2.23. The van der Waals surface area contributed by atoms with E-state index in [4.69, 9.17) is 9.47 Å². The van der Waals surface area contributed by atoms with Crippen LogP contribution in [0.4, 0.5) is 13.9 Å². The standard InChI is InChI=1S/C26H31F2N3O3S/c1-2-3-4-14-34-21-8-6-19(7-9-21)25(32)31(11-5-10-30-12-15-33-16-13-30)26-29-24-22(28)17-20(27)18-23(24)35-26/h6-9,17-18H,2-5,10-16H2,1H3. The van der Waals surface area contributed by atoms with E-state index in [0.717, 1.165) is 62.7 Å². The second kappa shape index (κ2) is 12.4. The molecule has 0 atom stereocenters. The summed E-state index contributed by atoms with van der Waals surface area (Å²) in [6.45, 7) is 7.14. The Morgan fingerprint density at radius 1 is 1.14 bits per heavy atom. The molecule has 1 aliphatic rings. The molecule has 2 heterocycles. The van der Waals surface area contributed by atoms with E-state index >= 15 is 0 Å². The SMILES string of the molecule is CCCCCOc1ccc(C(=O)N(CCCN2CCOCC2)c2nc3c(F)cc(F)cc3s2)cc1. The van der Waals surface area contributed by atoms with E-state index in [2.05, 4.69) is 16.8 Å². The summed E-state index contributed by atoms with van der Waals surface area (Å²) in [5.74, 6) is -0.906. The fourth-order valence-electron chi connectivity index (χ4n) is 4.01. The first kappa shape index (κ1) is 25.5. The molecule has 1 aromatic heterocycles. The molecule has 9 heteroatoms. The Kier molecular flexibility index (Phi) is 9.01. The number of aromatic nitrogens is 1. The number of thiazole rings is 1. The molecular formula is C26H31F2N3O3S. The molecule has 1 aliphatic heterocycles. The maximum absolute atomic E-state index is 14.3. The number of carbonyl (C=O) groups excluding carboxylic acids is 1. The van der Waals surface area contributed by atoms with Crippen molar-refractivity contribution >= 4 is 32.6 Å². The summed E-state index contributed by atoms with van der Waals surface area (Å²) in [4.78, 5) is 21.7. The van der Waals surface area contributed by atoms with Gasteiger partial charge in [0.15, 0.2) is 10.9 Å². The van der Waals surface area contributed by atoms with Crippen molar-refractivity contribution in [2.24, 2.45) is 0 Å². The number of nitrogens with zero attached hydrogens (tertiary/aromatic N) is 3. The number of anilines is 1. The van der Waals surface area contributed by atoms with Crippen LogP contribution in [0.1, 0.15) is 43.0 Å². The molecule has 0 N–H and O–H groups in total. The van der Waals surface area contributed by atoms with Crippen molar-refractivity contribution < 1.29 is 23.0 Å². The number of unbranched alkanes of at least 4 members (excludes halogenated alkanes) is 2. The number of ether oxygens (including phenoxy) is 2. The van der Waals surface area contributed by atoms with Crippen LogP contribution in [0.15, 0.2) is 36.4 Å². The van der Waals surface area contributed by atoms with E-state index in [-0.39, 0.29) is 11.4 Å². The molecule has 1 amide bonds. The Hall–Kier alpha value is -2.62. The highest BCUT2D eigenvalue weighted by atomic mass is 32.1. The third kappa shape index (κ3) is 6.74. The minimum Gasteiger partial charge on any atom is -0.494 e. The summed E-state index contributed by atoms with van der Waals surface area (Å²) in [6, 6.07) is 9.12. The Bertz CT molecular complexity index is 1120. The van der Waals surface area contributed by atoms with Crippen LogP contribution in [-0.2, 0) is 4.74 Å². The second-order valence-electron chi connectivity index (χ2n) is 8.58. The number of hydrogen-bond donors (Lipinski definition) is 0. The maximum atomic E-state index is 14.3. The number of hydrogen-bond acceptors (Lipinski definition) is 6. The Morgan fingerprint density at radius 3 is 2.66 bits per heavy atom. The minimum absolute atomic E-state index is 0.0770. The third-order valence-electron chi connectivity index (χ3n) is 5.96. The number of fused-ring (bicyclic) bond motifs is 1. The van der Waals surface area contributed by atoms with Gasteiger partial charge in [0.05, 0.1) is 24.5 Å². The van der Waals surface area contributed by atoms with E-state index in [1.807, 2.05) is 0 Å². The van der Waals surface area contributed by atoms with Crippen molar-refractivity contribution in [1.82, 2.24) is 9.88 Å². The van der Waals surface area contributed by atoms with Crippen molar-refractivity contribution in [1.29, 1.82) is 0 Å². The zero-order valence-electron chi connectivity index (χ0n) is 20.0. The molecule has 188 valence electrons. The molecule has 0 radical (unpaired) electrons. The molecule has 0 saturated carbocycles. The molecule has 0 unspecified atom stereocenters. The van der Waals surface area contributed by atoms with Crippen LogP contribution in [0.2, 0.25) is 0 Å². The first-order chi connectivity index (χ1) is 17.0. The summed E-state index contributed by atoms with van der Waals surface area (Å²) in [7, 11) is 0. The van der Waals surface area contributed by atoms with E-state index in [1.165, 1.54) is 6.07 Å². The highest BCUT2D eigenvalue weighted by molar-refractivity contribution is 7.22. The predicted molar refractivity (Wildman–Crippen MR) is 135 cm³/mol. The quantitative estimate of drug-likeness (QED) is 0.323. The highest BCUT2D eigenvalue weighted by Crippen LogP contribution is 2.32. The summed E-state index contributed by atoms with van der Waals surface area (Å²) >= 11 is 1.12. The lowest BCUT2D eigenvalue weighted by Gasteiger charge is -2.27. The maximum Gasteiger partial charge on any atom is 0.260 e. The largest absolute Gasteiger partial charge is 0.494 e. The summed E-state index contributed by atoms with van der Waals surface area (Å²) in [5, 5.41) is 0.358. The van der Waals surface area contributed by atoms with Crippen molar-refractivity contribution in [2.45, 2.75) is 32.6 Å². The number of rotatable bonds is 11. The van der Waals surface area contributed by atoms with Crippen LogP contribution in [0.25, 0.3) is 10.2 Å². The van der Waals surface area contributed by atoms with Gasteiger partial charge in [-0.2, -0.15) is 0 Å². The molecule has 4 rings (SSSR count). The van der Waals surface area contributed by atoms with Crippen LogP contribution in [0.5, 0.6) is 5.75 Å². The Morgan fingerprint density at radius 2 is 1.91 bits per heavy atom. The Balaban J connectivity index is 1.51. The van der Waals surface area contributed by atoms with E-state index in [9.17, 15) is 13.6 Å². The molecular weight excluding hydrogens is 472 g/mol. The fourth-order valence-corrected chi connectivity index (χ4v) is 5.04. The average Bonchev–Trinajstić information content (AvgIpc) is 3.29. The third-order valence-corrected chi connectivity index (χ3v) is 6.98. The first-order valence-electron chi connectivity index (χ1n) is 12.2. The second-order valence-corrected chi connectivity index (χ2v) is 9.58. The van der Waals surface area contributed by atoms with Crippen molar-refractivity contribution in [3.8, 4) is 5.75 Å². The molecule has 0 bridgehead atoms. The van der Waals surface area contributed by atoms with Crippen LogP contribution in [-0.4, -0.2) is 61.8 Å². The van der Waals surface area contributed by atoms with Gasteiger partial charge < -0.3 is 9.47 Å².